The van der Waals surface area contributed by atoms with Crippen LogP contribution in [0.1, 0.15) is 46.0 Å². The topological polar surface area (TPSA) is 32.3 Å². The Morgan fingerprint density at radius 2 is 2.23 bits per heavy atom. The molecule has 1 aliphatic rings. The fourth-order valence-corrected chi connectivity index (χ4v) is 2.07. The van der Waals surface area contributed by atoms with Gasteiger partial charge in [0.15, 0.2) is 0 Å². The van der Waals surface area contributed by atoms with Crippen molar-refractivity contribution in [3.8, 4) is 0 Å². The summed E-state index contributed by atoms with van der Waals surface area (Å²) in [5, 5.41) is 12.8. The van der Waals surface area contributed by atoms with Crippen LogP contribution in [-0.4, -0.2) is 23.8 Å². The molecule has 78 valence electrons. The van der Waals surface area contributed by atoms with Crippen molar-refractivity contribution >= 4 is 0 Å². The van der Waals surface area contributed by atoms with Crippen LogP contribution >= 0.6 is 0 Å². The summed E-state index contributed by atoms with van der Waals surface area (Å²) in [6.07, 6.45) is 6.01. The maximum absolute atomic E-state index is 9.39. The average Bonchev–Trinajstić information content (AvgIpc) is 2.14. The quantitative estimate of drug-likeness (QED) is 0.701. The van der Waals surface area contributed by atoms with Crippen LogP contribution in [0.3, 0.4) is 0 Å². The van der Waals surface area contributed by atoms with Crippen molar-refractivity contribution in [2.45, 2.75) is 58.1 Å². The van der Waals surface area contributed by atoms with Crippen LogP contribution in [0.5, 0.6) is 0 Å². The zero-order chi connectivity index (χ0) is 9.68. The van der Waals surface area contributed by atoms with E-state index < -0.39 is 0 Å². The van der Waals surface area contributed by atoms with Crippen LogP contribution in [0.4, 0.5) is 0 Å². The molecule has 0 spiro atoms. The molecule has 1 fully saturated rings. The second-order valence-corrected chi connectivity index (χ2v) is 4.44. The van der Waals surface area contributed by atoms with Crippen LogP contribution in [0.15, 0.2) is 0 Å². The highest BCUT2D eigenvalue weighted by molar-refractivity contribution is 4.76. The maximum atomic E-state index is 9.39. The molecule has 13 heavy (non-hydrogen) atoms. The molecule has 0 radical (unpaired) electrons. The Kier molecular flexibility index (Phi) is 4.74. The largest absolute Gasteiger partial charge is 0.392 e. The van der Waals surface area contributed by atoms with Crippen molar-refractivity contribution in [3.05, 3.63) is 0 Å². The minimum atomic E-state index is -0.155. The highest BCUT2D eigenvalue weighted by Gasteiger charge is 2.18. The Balaban J connectivity index is 2.13. The summed E-state index contributed by atoms with van der Waals surface area (Å²) in [5.74, 6) is 0.866. The van der Waals surface area contributed by atoms with Crippen molar-refractivity contribution in [1.82, 2.24) is 5.32 Å². The molecule has 1 saturated carbocycles. The van der Waals surface area contributed by atoms with Crippen molar-refractivity contribution in [3.63, 3.8) is 0 Å². The molecule has 0 saturated heterocycles. The van der Waals surface area contributed by atoms with Crippen molar-refractivity contribution in [1.29, 1.82) is 0 Å². The normalized spacial score (nSPS) is 31.6. The zero-order valence-corrected chi connectivity index (χ0v) is 8.92. The summed E-state index contributed by atoms with van der Waals surface area (Å²) in [4.78, 5) is 0. The molecular weight excluding hydrogens is 162 g/mol. The van der Waals surface area contributed by atoms with Gasteiger partial charge in [-0.2, -0.15) is 0 Å². The van der Waals surface area contributed by atoms with E-state index >= 15 is 0 Å². The van der Waals surface area contributed by atoms with Crippen molar-refractivity contribution < 1.29 is 5.11 Å². The number of hydrogen-bond acceptors (Lipinski definition) is 2. The van der Waals surface area contributed by atoms with Gasteiger partial charge in [-0.3, -0.25) is 0 Å². The van der Waals surface area contributed by atoms with E-state index in [2.05, 4.69) is 12.2 Å². The van der Waals surface area contributed by atoms with Crippen LogP contribution in [-0.2, 0) is 0 Å². The predicted octanol–water partition coefficient (Wildman–Crippen LogP) is 1.93. The highest BCUT2D eigenvalue weighted by Crippen LogP contribution is 2.23. The summed E-state index contributed by atoms with van der Waals surface area (Å²) < 4.78 is 0. The summed E-state index contributed by atoms with van der Waals surface area (Å²) in [6.45, 7) is 5.12. The van der Waals surface area contributed by atoms with Gasteiger partial charge in [-0.05, 0) is 25.2 Å². The first-order chi connectivity index (χ1) is 6.22. The average molecular weight is 185 g/mol. The Hall–Kier alpha value is -0.0800. The van der Waals surface area contributed by atoms with Crippen molar-refractivity contribution in [2.75, 3.05) is 6.54 Å². The Morgan fingerprint density at radius 1 is 1.46 bits per heavy atom. The van der Waals surface area contributed by atoms with E-state index in [-0.39, 0.29) is 6.10 Å². The number of aliphatic hydroxyl groups excluding tert-OH is 1. The lowest BCUT2D eigenvalue weighted by Crippen LogP contribution is -2.38. The van der Waals surface area contributed by atoms with E-state index in [0.717, 1.165) is 18.9 Å². The molecule has 3 atom stereocenters. The lowest BCUT2D eigenvalue weighted by atomic mass is 9.87. The fraction of sp³-hybridized carbons (Fsp3) is 1.00. The first-order valence-electron chi connectivity index (χ1n) is 5.63. The van der Waals surface area contributed by atoms with Gasteiger partial charge in [-0.15, -0.1) is 0 Å². The summed E-state index contributed by atoms with van der Waals surface area (Å²) in [5.41, 5.74) is 0. The van der Waals surface area contributed by atoms with Crippen LogP contribution in [0, 0.1) is 5.92 Å². The highest BCUT2D eigenvalue weighted by atomic mass is 16.3. The molecule has 1 rings (SSSR count). The van der Waals surface area contributed by atoms with E-state index in [0.29, 0.717) is 6.04 Å². The second-order valence-electron chi connectivity index (χ2n) is 4.44. The Bertz CT molecular complexity index is 138. The third-order valence-electron chi connectivity index (χ3n) is 3.05. The molecule has 3 unspecified atom stereocenters. The predicted molar refractivity (Wildman–Crippen MR) is 55.7 cm³/mol. The molecule has 0 amide bonds. The Morgan fingerprint density at radius 3 is 2.85 bits per heavy atom. The summed E-state index contributed by atoms with van der Waals surface area (Å²) in [7, 11) is 0. The molecule has 2 heteroatoms. The van der Waals surface area contributed by atoms with E-state index in [1.54, 1.807) is 0 Å². The van der Waals surface area contributed by atoms with E-state index in [1.807, 2.05) is 6.92 Å². The lowest BCUT2D eigenvalue weighted by molar-refractivity contribution is 0.156. The second kappa shape index (κ2) is 5.61. The van der Waals surface area contributed by atoms with E-state index in [4.69, 9.17) is 0 Å². The molecule has 0 bridgehead atoms. The van der Waals surface area contributed by atoms with Gasteiger partial charge in [-0.25, -0.2) is 0 Å². The van der Waals surface area contributed by atoms with Gasteiger partial charge < -0.3 is 10.4 Å². The number of aliphatic hydroxyl groups is 1. The first kappa shape index (κ1) is 11.0. The van der Waals surface area contributed by atoms with Gasteiger partial charge in [0.2, 0.25) is 0 Å². The smallest absolute Gasteiger partial charge is 0.0662 e. The van der Waals surface area contributed by atoms with E-state index in [1.165, 1.54) is 25.7 Å². The maximum Gasteiger partial charge on any atom is 0.0662 e. The monoisotopic (exact) mass is 185 g/mol. The number of hydrogen-bond donors (Lipinski definition) is 2. The lowest BCUT2D eigenvalue weighted by Gasteiger charge is -2.28. The van der Waals surface area contributed by atoms with E-state index in [9.17, 15) is 5.11 Å². The van der Waals surface area contributed by atoms with Crippen LogP contribution in [0.2, 0.25) is 0 Å². The standard InChI is InChI=1S/C11H23NO/c1-3-11(13)8-12-10-6-4-5-9(2)7-10/h9-13H,3-8H2,1-2H3. The van der Waals surface area contributed by atoms with Crippen LogP contribution < -0.4 is 5.32 Å². The van der Waals surface area contributed by atoms with Gasteiger partial charge in [-0.1, -0.05) is 26.7 Å². The first-order valence-corrected chi connectivity index (χ1v) is 5.63. The zero-order valence-electron chi connectivity index (χ0n) is 8.92. The van der Waals surface area contributed by atoms with Gasteiger partial charge in [0, 0.05) is 12.6 Å². The minimum absolute atomic E-state index is 0.155. The SMILES string of the molecule is CCC(O)CNC1CCCC(C)C1. The Labute approximate surface area is 81.7 Å². The molecule has 2 nitrogen and oxygen atoms in total. The summed E-state index contributed by atoms with van der Waals surface area (Å²) in [6, 6.07) is 0.657. The molecule has 2 N–H and O–H groups in total. The molecule has 0 aliphatic heterocycles. The van der Waals surface area contributed by atoms with Crippen LogP contribution in [0.25, 0.3) is 0 Å². The molecular formula is C11H23NO. The third kappa shape index (κ3) is 4.10. The van der Waals surface area contributed by atoms with Gasteiger partial charge in [0.25, 0.3) is 0 Å². The molecule has 0 heterocycles. The van der Waals surface area contributed by atoms with Crippen molar-refractivity contribution in [2.24, 2.45) is 5.92 Å². The molecule has 0 aromatic carbocycles. The molecule has 0 aromatic rings. The summed E-state index contributed by atoms with van der Waals surface area (Å²) >= 11 is 0. The third-order valence-corrected chi connectivity index (χ3v) is 3.05. The molecule has 1 aliphatic carbocycles. The fourth-order valence-electron chi connectivity index (χ4n) is 2.07. The number of nitrogens with one attached hydrogen (secondary N) is 1. The molecule has 0 aromatic heterocycles. The minimum Gasteiger partial charge on any atom is -0.392 e. The van der Waals surface area contributed by atoms with Gasteiger partial charge in [0.05, 0.1) is 6.10 Å². The van der Waals surface area contributed by atoms with Gasteiger partial charge >= 0.3 is 0 Å². The van der Waals surface area contributed by atoms with Gasteiger partial charge in [0.1, 0.15) is 0 Å². The number of rotatable bonds is 4.